The predicted octanol–water partition coefficient (Wildman–Crippen LogP) is 4.18. The summed E-state index contributed by atoms with van der Waals surface area (Å²) in [6.07, 6.45) is 10.3. The van der Waals surface area contributed by atoms with Crippen molar-refractivity contribution in [2.24, 2.45) is 11.8 Å². The van der Waals surface area contributed by atoms with Crippen LogP contribution in [-0.4, -0.2) is 52.5 Å². The first-order valence-corrected chi connectivity index (χ1v) is 14.2. The van der Waals surface area contributed by atoms with Gasteiger partial charge in [-0.1, -0.05) is 49.6 Å². The summed E-state index contributed by atoms with van der Waals surface area (Å²) >= 11 is 0. The Hall–Kier alpha value is -3.65. The molecule has 5 aliphatic rings. The molecule has 2 aliphatic carbocycles. The molecule has 4 fully saturated rings. The second-order valence-electron chi connectivity index (χ2n) is 11.5. The van der Waals surface area contributed by atoms with Gasteiger partial charge in [0.05, 0.1) is 17.9 Å². The minimum Gasteiger partial charge on any atom is -0.457 e. The number of hydrogen-bond donors (Lipinski definition) is 2. The molecule has 2 saturated carbocycles. The van der Waals surface area contributed by atoms with Crippen molar-refractivity contribution in [3.63, 3.8) is 0 Å². The molecule has 3 amide bonds. The van der Waals surface area contributed by atoms with Gasteiger partial charge >= 0.3 is 0 Å². The van der Waals surface area contributed by atoms with Crippen molar-refractivity contribution in [3.8, 4) is 11.5 Å². The van der Waals surface area contributed by atoms with Crippen molar-refractivity contribution in [2.45, 2.75) is 74.8 Å². The zero-order valence-electron chi connectivity index (χ0n) is 21.8. The molecule has 2 aromatic carbocycles. The van der Waals surface area contributed by atoms with Crippen LogP contribution in [-0.2, 0) is 19.1 Å². The van der Waals surface area contributed by atoms with Crippen LogP contribution in [0.15, 0.2) is 66.7 Å². The molecule has 5 atom stereocenters. The number of likely N-dealkylation sites (tertiary alicyclic amines) is 1. The van der Waals surface area contributed by atoms with Gasteiger partial charge < -0.3 is 25.0 Å². The molecular weight excluding hydrogens is 494 g/mol. The fourth-order valence-corrected chi connectivity index (χ4v) is 6.94. The topological polar surface area (TPSA) is 97.0 Å². The molecule has 7 rings (SSSR count). The highest BCUT2D eigenvalue weighted by molar-refractivity contribution is 6.03. The number of fused-ring (bicyclic) bond motifs is 1. The molecule has 8 heteroatoms. The van der Waals surface area contributed by atoms with E-state index in [2.05, 4.69) is 10.6 Å². The number of ether oxygens (including phenoxy) is 2. The number of carbonyl (C=O) groups excluding carboxylic acids is 3. The van der Waals surface area contributed by atoms with E-state index < -0.39 is 29.6 Å². The molecule has 3 aliphatic heterocycles. The maximum atomic E-state index is 13.9. The molecular formula is C31H33N3O5. The number of rotatable bonds is 7. The number of anilines is 1. The largest absolute Gasteiger partial charge is 0.457 e. The highest BCUT2D eigenvalue weighted by Crippen LogP contribution is 2.57. The number of amides is 3. The molecule has 2 N–H and O–H groups in total. The number of benzene rings is 2. The number of carbonyl (C=O) groups is 3. The van der Waals surface area contributed by atoms with Crippen LogP contribution in [0.2, 0.25) is 0 Å². The lowest BCUT2D eigenvalue weighted by molar-refractivity contribution is -0.142. The van der Waals surface area contributed by atoms with Crippen LogP contribution >= 0.6 is 0 Å². The van der Waals surface area contributed by atoms with Gasteiger partial charge in [0, 0.05) is 17.8 Å². The summed E-state index contributed by atoms with van der Waals surface area (Å²) in [7, 11) is 0. The molecule has 1 spiro atoms. The third kappa shape index (κ3) is 4.22. The molecule has 3 heterocycles. The first kappa shape index (κ1) is 24.4. The molecule has 2 aromatic rings. The van der Waals surface area contributed by atoms with Gasteiger partial charge in [-0.05, 0) is 62.1 Å². The minimum atomic E-state index is -1.10. The van der Waals surface area contributed by atoms with E-state index in [0.29, 0.717) is 11.4 Å². The van der Waals surface area contributed by atoms with Gasteiger partial charge in [0.25, 0.3) is 0 Å². The lowest BCUT2D eigenvalue weighted by Crippen LogP contribution is -2.57. The molecule has 0 aromatic heterocycles. The second kappa shape index (κ2) is 9.52. The van der Waals surface area contributed by atoms with E-state index in [1.54, 1.807) is 29.2 Å². The van der Waals surface area contributed by atoms with E-state index in [9.17, 15) is 14.4 Å². The van der Waals surface area contributed by atoms with Gasteiger partial charge in [0.15, 0.2) is 0 Å². The highest BCUT2D eigenvalue weighted by Gasteiger charge is 2.74. The van der Waals surface area contributed by atoms with E-state index in [0.717, 1.165) is 44.3 Å². The average Bonchev–Trinajstić information content (AvgIpc) is 3.54. The number of nitrogens with one attached hydrogen (secondary N) is 2. The van der Waals surface area contributed by atoms with Crippen molar-refractivity contribution in [3.05, 3.63) is 66.7 Å². The standard InChI is InChI=1S/C31H33N3O5/c35-28(32-20-11-15-23(16-12-20)38-22-9-5-2-6-10-22)25-24-17-18-31(39-24)26(25)30(37)34(21-13-14-21)27(31)29(36)33-19-7-3-1-4-8-19/h2,5-6,9-12,15-19,21,24-27H,1,3-4,7-8,13-14H2,(H,32,35)(H,33,36)/t24-,25-,26-,27-,31-/m0/s1. The molecule has 2 bridgehead atoms. The minimum absolute atomic E-state index is 0.0384. The fourth-order valence-electron chi connectivity index (χ4n) is 6.94. The zero-order valence-corrected chi connectivity index (χ0v) is 21.8. The van der Waals surface area contributed by atoms with E-state index >= 15 is 0 Å². The van der Waals surface area contributed by atoms with Crippen LogP contribution in [0.1, 0.15) is 44.9 Å². The monoisotopic (exact) mass is 527 g/mol. The van der Waals surface area contributed by atoms with Crippen molar-refractivity contribution in [1.29, 1.82) is 0 Å². The number of para-hydroxylation sites is 1. The summed E-state index contributed by atoms with van der Waals surface area (Å²) in [4.78, 5) is 43.0. The molecule has 0 unspecified atom stereocenters. The zero-order chi connectivity index (χ0) is 26.6. The smallest absolute Gasteiger partial charge is 0.246 e. The second-order valence-corrected chi connectivity index (χ2v) is 11.5. The SMILES string of the molecule is O=C(Nc1ccc(Oc2ccccc2)cc1)[C@H]1[C@@H]2C=C[C@]3(O2)[C@@H]1C(=O)N(C1CC1)[C@H]3C(=O)NC1CCCCC1. The van der Waals surface area contributed by atoms with Crippen LogP contribution in [0.25, 0.3) is 0 Å². The van der Waals surface area contributed by atoms with E-state index in [1.807, 2.05) is 42.5 Å². The van der Waals surface area contributed by atoms with Crippen molar-refractivity contribution < 1.29 is 23.9 Å². The Balaban J connectivity index is 1.10. The van der Waals surface area contributed by atoms with Crippen molar-refractivity contribution in [1.82, 2.24) is 10.2 Å². The van der Waals surface area contributed by atoms with Crippen molar-refractivity contribution >= 4 is 23.4 Å². The normalized spacial score (nSPS) is 31.3. The highest BCUT2D eigenvalue weighted by atomic mass is 16.5. The van der Waals surface area contributed by atoms with Crippen LogP contribution < -0.4 is 15.4 Å². The van der Waals surface area contributed by atoms with Crippen LogP contribution in [0.4, 0.5) is 5.69 Å². The van der Waals surface area contributed by atoms with Crippen molar-refractivity contribution in [2.75, 3.05) is 5.32 Å². The number of nitrogens with zero attached hydrogens (tertiary/aromatic N) is 1. The quantitative estimate of drug-likeness (QED) is 0.527. The van der Waals surface area contributed by atoms with E-state index in [-0.39, 0.29) is 29.8 Å². The molecule has 0 radical (unpaired) electrons. The Morgan fingerprint density at radius 2 is 1.62 bits per heavy atom. The summed E-state index contributed by atoms with van der Waals surface area (Å²) in [5.74, 6) is -0.586. The van der Waals surface area contributed by atoms with Gasteiger partial charge in [0.1, 0.15) is 23.1 Å². The first-order valence-electron chi connectivity index (χ1n) is 14.2. The Morgan fingerprint density at radius 1 is 0.897 bits per heavy atom. The van der Waals surface area contributed by atoms with Crippen LogP contribution in [0.3, 0.4) is 0 Å². The van der Waals surface area contributed by atoms with Gasteiger partial charge in [-0.3, -0.25) is 14.4 Å². The average molecular weight is 528 g/mol. The Bertz CT molecular complexity index is 1300. The summed E-state index contributed by atoms with van der Waals surface area (Å²) in [6, 6.07) is 16.1. The van der Waals surface area contributed by atoms with E-state index in [1.165, 1.54) is 6.42 Å². The van der Waals surface area contributed by atoms with Gasteiger partial charge in [0.2, 0.25) is 17.7 Å². The third-order valence-corrected chi connectivity index (χ3v) is 8.86. The van der Waals surface area contributed by atoms with Gasteiger partial charge in [-0.25, -0.2) is 0 Å². The summed E-state index contributed by atoms with van der Waals surface area (Å²) in [5, 5.41) is 6.21. The predicted molar refractivity (Wildman–Crippen MR) is 144 cm³/mol. The van der Waals surface area contributed by atoms with E-state index in [4.69, 9.17) is 9.47 Å². The van der Waals surface area contributed by atoms with Gasteiger partial charge in [-0.15, -0.1) is 0 Å². The summed E-state index contributed by atoms with van der Waals surface area (Å²) < 4.78 is 12.3. The maximum Gasteiger partial charge on any atom is 0.246 e. The molecule has 39 heavy (non-hydrogen) atoms. The van der Waals surface area contributed by atoms with Crippen LogP contribution in [0, 0.1) is 11.8 Å². The van der Waals surface area contributed by atoms with Gasteiger partial charge in [-0.2, -0.15) is 0 Å². The summed E-state index contributed by atoms with van der Waals surface area (Å²) in [6.45, 7) is 0. The fraction of sp³-hybridized carbons (Fsp3) is 0.452. The maximum absolute atomic E-state index is 13.9. The Labute approximate surface area is 227 Å². The molecule has 8 nitrogen and oxygen atoms in total. The summed E-state index contributed by atoms with van der Waals surface area (Å²) in [5.41, 5.74) is -0.490. The number of hydrogen-bond acceptors (Lipinski definition) is 5. The lowest BCUT2D eigenvalue weighted by atomic mass is 9.74. The third-order valence-electron chi connectivity index (χ3n) is 8.86. The lowest BCUT2D eigenvalue weighted by Gasteiger charge is -2.34. The molecule has 202 valence electrons. The molecule has 2 saturated heterocycles. The van der Waals surface area contributed by atoms with Crippen LogP contribution in [0.5, 0.6) is 11.5 Å². The Morgan fingerprint density at radius 3 is 2.33 bits per heavy atom. The Kier molecular flexibility index (Phi) is 5.95. The first-order chi connectivity index (χ1) is 19.0.